The maximum atomic E-state index is 11.9. The Kier molecular flexibility index (Phi) is 5.86. The molecule has 1 N–H and O–H groups in total. The molecule has 0 aliphatic carbocycles. The lowest BCUT2D eigenvalue weighted by Gasteiger charge is -2.14. The van der Waals surface area contributed by atoms with Crippen molar-refractivity contribution in [3.63, 3.8) is 0 Å². The van der Waals surface area contributed by atoms with Crippen LogP contribution in [0.1, 0.15) is 31.9 Å². The van der Waals surface area contributed by atoms with Crippen LogP contribution in [-0.4, -0.2) is 19.8 Å². The first-order chi connectivity index (χ1) is 7.77. The molecule has 16 heavy (non-hydrogen) atoms. The van der Waals surface area contributed by atoms with E-state index in [0.29, 0.717) is 19.1 Å². The van der Waals surface area contributed by atoms with Crippen LogP contribution in [0.25, 0.3) is 0 Å². The van der Waals surface area contributed by atoms with E-state index < -0.39 is 0 Å². The lowest BCUT2D eigenvalue weighted by atomic mass is 10.1. The molecule has 0 saturated heterocycles. The summed E-state index contributed by atoms with van der Waals surface area (Å²) in [6.45, 7) is 5.25. The molecule has 1 unspecified atom stereocenters. The van der Waals surface area contributed by atoms with Gasteiger partial charge in [0.15, 0.2) is 0 Å². The molecular formula is C13H20FNO. The van der Waals surface area contributed by atoms with Crippen molar-refractivity contribution in [1.82, 2.24) is 5.32 Å². The maximum Gasteiger partial charge on any atom is 0.119 e. The second-order valence-corrected chi connectivity index (χ2v) is 3.74. The summed E-state index contributed by atoms with van der Waals surface area (Å²) in [5.41, 5.74) is 1.19. The van der Waals surface area contributed by atoms with Gasteiger partial charge < -0.3 is 10.1 Å². The highest BCUT2D eigenvalue weighted by atomic mass is 19.1. The summed E-state index contributed by atoms with van der Waals surface area (Å²) >= 11 is 0. The van der Waals surface area contributed by atoms with Gasteiger partial charge in [-0.2, -0.15) is 0 Å². The van der Waals surface area contributed by atoms with Gasteiger partial charge in [0, 0.05) is 12.5 Å². The Bertz CT molecular complexity index is 304. The molecule has 0 aliphatic heterocycles. The Morgan fingerprint density at radius 3 is 2.94 bits per heavy atom. The Labute approximate surface area is 96.8 Å². The predicted octanol–water partition coefficient (Wildman–Crippen LogP) is 3.10. The SMILES string of the molecule is CCNC(C)c1cccc(OCCCF)c1. The highest BCUT2D eigenvalue weighted by Gasteiger charge is 2.04. The van der Waals surface area contributed by atoms with Gasteiger partial charge in [-0.1, -0.05) is 19.1 Å². The normalized spacial score (nSPS) is 12.4. The number of alkyl halides is 1. The molecule has 0 bridgehead atoms. The topological polar surface area (TPSA) is 21.3 Å². The minimum Gasteiger partial charge on any atom is -0.493 e. The summed E-state index contributed by atoms with van der Waals surface area (Å²) in [5, 5.41) is 3.34. The van der Waals surface area contributed by atoms with E-state index in [1.54, 1.807) is 0 Å². The van der Waals surface area contributed by atoms with Crippen molar-refractivity contribution in [2.45, 2.75) is 26.3 Å². The van der Waals surface area contributed by atoms with Crippen LogP contribution in [0.3, 0.4) is 0 Å². The fourth-order valence-corrected chi connectivity index (χ4v) is 1.54. The van der Waals surface area contributed by atoms with Gasteiger partial charge in [0.2, 0.25) is 0 Å². The van der Waals surface area contributed by atoms with Crippen molar-refractivity contribution in [3.8, 4) is 5.75 Å². The highest BCUT2D eigenvalue weighted by Crippen LogP contribution is 2.19. The Morgan fingerprint density at radius 1 is 1.44 bits per heavy atom. The third-order valence-electron chi connectivity index (χ3n) is 2.42. The number of rotatable bonds is 7. The quantitative estimate of drug-likeness (QED) is 0.720. The summed E-state index contributed by atoms with van der Waals surface area (Å²) in [7, 11) is 0. The molecule has 0 aliphatic rings. The minimum absolute atomic E-state index is 0.315. The lowest BCUT2D eigenvalue weighted by molar-refractivity contribution is 0.289. The molecular weight excluding hydrogens is 205 g/mol. The summed E-state index contributed by atoms with van der Waals surface area (Å²) < 4.78 is 17.4. The number of halogens is 1. The molecule has 0 fully saturated rings. The smallest absolute Gasteiger partial charge is 0.119 e. The Balaban J connectivity index is 2.56. The van der Waals surface area contributed by atoms with E-state index in [-0.39, 0.29) is 6.67 Å². The van der Waals surface area contributed by atoms with Gasteiger partial charge in [0.1, 0.15) is 5.75 Å². The van der Waals surface area contributed by atoms with Gasteiger partial charge in [0.05, 0.1) is 13.3 Å². The van der Waals surface area contributed by atoms with Crippen molar-refractivity contribution < 1.29 is 9.13 Å². The molecule has 1 aromatic rings. The molecule has 0 saturated carbocycles. The second kappa shape index (κ2) is 7.23. The maximum absolute atomic E-state index is 11.9. The van der Waals surface area contributed by atoms with Crippen LogP contribution in [0.15, 0.2) is 24.3 Å². The van der Waals surface area contributed by atoms with Crippen molar-refractivity contribution in [3.05, 3.63) is 29.8 Å². The molecule has 1 rings (SSSR count). The number of nitrogens with one attached hydrogen (secondary N) is 1. The van der Waals surface area contributed by atoms with Crippen LogP contribution >= 0.6 is 0 Å². The first-order valence-corrected chi connectivity index (χ1v) is 5.80. The van der Waals surface area contributed by atoms with E-state index in [2.05, 4.69) is 25.2 Å². The van der Waals surface area contributed by atoms with Gasteiger partial charge in [-0.25, -0.2) is 0 Å². The first-order valence-electron chi connectivity index (χ1n) is 5.80. The van der Waals surface area contributed by atoms with E-state index in [4.69, 9.17) is 4.74 Å². The van der Waals surface area contributed by atoms with Crippen LogP contribution in [0.2, 0.25) is 0 Å². The summed E-state index contributed by atoms with van der Waals surface area (Å²) in [5.74, 6) is 0.815. The zero-order valence-corrected chi connectivity index (χ0v) is 10.0. The highest BCUT2D eigenvalue weighted by molar-refractivity contribution is 5.30. The molecule has 1 atom stereocenters. The van der Waals surface area contributed by atoms with Crippen molar-refractivity contribution in [1.29, 1.82) is 0 Å². The predicted molar refractivity (Wildman–Crippen MR) is 64.6 cm³/mol. The number of benzene rings is 1. The van der Waals surface area contributed by atoms with Crippen molar-refractivity contribution in [2.24, 2.45) is 0 Å². The van der Waals surface area contributed by atoms with E-state index in [0.717, 1.165) is 12.3 Å². The third kappa shape index (κ3) is 4.19. The van der Waals surface area contributed by atoms with E-state index in [9.17, 15) is 4.39 Å². The molecule has 0 spiro atoms. The average Bonchev–Trinajstić information content (AvgIpc) is 2.30. The van der Waals surface area contributed by atoms with Gasteiger partial charge >= 0.3 is 0 Å². The second-order valence-electron chi connectivity index (χ2n) is 3.74. The van der Waals surface area contributed by atoms with E-state index in [1.165, 1.54) is 5.56 Å². The molecule has 3 heteroatoms. The zero-order valence-electron chi connectivity index (χ0n) is 10.0. The third-order valence-corrected chi connectivity index (χ3v) is 2.42. The zero-order chi connectivity index (χ0) is 11.8. The van der Waals surface area contributed by atoms with E-state index in [1.807, 2.05) is 18.2 Å². The monoisotopic (exact) mass is 225 g/mol. The lowest BCUT2D eigenvalue weighted by Crippen LogP contribution is -2.17. The summed E-state index contributed by atoms with van der Waals surface area (Å²) in [4.78, 5) is 0. The van der Waals surface area contributed by atoms with Crippen LogP contribution in [0.4, 0.5) is 4.39 Å². The van der Waals surface area contributed by atoms with Gasteiger partial charge in [-0.3, -0.25) is 4.39 Å². The first kappa shape index (κ1) is 13.0. The molecule has 2 nitrogen and oxygen atoms in total. The number of ether oxygens (including phenoxy) is 1. The van der Waals surface area contributed by atoms with Gasteiger partial charge in [0.25, 0.3) is 0 Å². The van der Waals surface area contributed by atoms with Gasteiger partial charge in [-0.05, 0) is 31.2 Å². The van der Waals surface area contributed by atoms with Crippen LogP contribution < -0.4 is 10.1 Å². The summed E-state index contributed by atoms with van der Waals surface area (Å²) in [6.07, 6.45) is 0.451. The van der Waals surface area contributed by atoms with E-state index >= 15 is 0 Å². The van der Waals surface area contributed by atoms with Crippen LogP contribution in [-0.2, 0) is 0 Å². The summed E-state index contributed by atoms with van der Waals surface area (Å²) in [6, 6.07) is 8.25. The van der Waals surface area contributed by atoms with Crippen LogP contribution in [0.5, 0.6) is 5.75 Å². The van der Waals surface area contributed by atoms with Crippen molar-refractivity contribution >= 4 is 0 Å². The van der Waals surface area contributed by atoms with Crippen molar-refractivity contribution in [2.75, 3.05) is 19.8 Å². The largest absolute Gasteiger partial charge is 0.493 e. The molecule has 0 aromatic heterocycles. The fourth-order valence-electron chi connectivity index (χ4n) is 1.54. The molecule has 90 valence electrons. The fraction of sp³-hybridized carbons (Fsp3) is 0.538. The average molecular weight is 225 g/mol. The molecule has 0 heterocycles. The Morgan fingerprint density at radius 2 is 2.25 bits per heavy atom. The minimum atomic E-state index is -0.326. The van der Waals surface area contributed by atoms with Crippen LogP contribution in [0, 0.1) is 0 Å². The Hall–Kier alpha value is -1.09. The standard InChI is InChI=1S/C13H20FNO/c1-3-15-11(2)12-6-4-7-13(10-12)16-9-5-8-14/h4,6-7,10-11,15H,3,5,8-9H2,1-2H3. The molecule has 1 aromatic carbocycles. The number of hydrogen-bond donors (Lipinski definition) is 1. The molecule has 0 radical (unpaired) electrons. The number of hydrogen-bond acceptors (Lipinski definition) is 2. The molecule has 0 amide bonds. The van der Waals surface area contributed by atoms with Gasteiger partial charge in [-0.15, -0.1) is 0 Å².